The van der Waals surface area contributed by atoms with Crippen molar-refractivity contribution in [1.82, 2.24) is 4.90 Å². The van der Waals surface area contributed by atoms with Crippen molar-refractivity contribution in [1.29, 1.82) is 0 Å². The highest BCUT2D eigenvalue weighted by Gasteiger charge is 2.27. The molecule has 4 nitrogen and oxygen atoms in total. The van der Waals surface area contributed by atoms with E-state index in [0.29, 0.717) is 13.1 Å². The Balaban J connectivity index is 2.54. The van der Waals surface area contributed by atoms with Crippen molar-refractivity contribution < 1.29 is 4.79 Å². The van der Waals surface area contributed by atoms with Crippen LogP contribution in [0, 0.1) is 0 Å². The first-order chi connectivity index (χ1) is 7.15. The van der Waals surface area contributed by atoms with Crippen LogP contribution in [-0.2, 0) is 6.54 Å². The molecule has 2 amide bonds. The predicted molar refractivity (Wildman–Crippen MR) is 60.7 cm³/mol. The third-order valence-corrected chi connectivity index (χ3v) is 2.75. The lowest BCUT2D eigenvalue weighted by molar-refractivity contribution is 0.211. The molecule has 0 unspecified atom stereocenters. The van der Waals surface area contributed by atoms with E-state index >= 15 is 0 Å². The molecule has 15 heavy (non-hydrogen) atoms. The summed E-state index contributed by atoms with van der Waals surface area (Å²) in [6.45, 7) is 3.22. The second-order valence-corrected chi connectivity index (χ2v) is 3.73. The molecular weight excluding hydrogens is 190 g/mol. The Morgan fingerprint density at radius 2 is 2.20 bits per heavy atom. The number of amides is 2. The summed E-state index contributed by atoms with van der Waals surface area (Å²) in [5.74, 6) is 0. The minimum atomic E-state index is 0.0376. The molecule has 80 valence electrons. The zero-order chi connectivity index (χ0) is 11.0. The first-order valence-electron chi connectivity index (χ1n) is 5.05. The number of fused-ring (bicyclic) bond motifs is 1. The molecular formula is C11H15N3O. The lowest BCUT2D eigenvalue weighted by Gasteiger charge is -2.35. The number of carbonyl (C=O) groups excluding carboxylic acids is 1. The molecule has 1 aliphatic rings. The van der Waals surface area contributed by atoms with E-state index in [0.717, 1.165) is 16.9 Å². The Hall–Kier alpha value is -1.71. The van der Waals surface area contributed by atoms with Crippen molar-refractivity contribution in [3.05, 3.63) is 23.8 Å². The van der Waals surface area contributed by atoms with Gasteiger partial charge in [0, 0.05) is 24.8 Å². The van der Waals surface area contributed by atoms with E-state index < -0.39 is 0 Å². The third-order valence-electron chi connectivity index (χ3n) is 2.75. The fourth-order valence-corrected chi connectivity index (χ4v) is 1.94. The highest BCUT2D eigenvalue weighted by Crippen LogP contribution is 2.31. The van der Waals surface area contributed by atoms with Crippen LogP contribution < -0.4 is 10.6 Å². The van der Waals surface area contributed by atoms with E-state index in [1.54, 1.807) is 16.8 Å². The van der Waals surface area contributed by atoms with E-state index in [-0.39, 0.29) is 6.03 Å². The predicted octanol–water partition coefficient (Wildman–Crippen LogP) is 1.66. The molecule has 1 aromatic rings. The minimum absolute atomic E-state index is 0.0376. The first-order valence-corrected chi connectivity index (χ1v) is 5.05. The number of rotatable bonds is 1. The number of carbonyl (C=O) groups is 1. The zero-order valence-corrected chi connectivity index (χ0v) is 9.03. The van der Waals surface area contributed by atoms with Crippen LogP contribution in [-0.4, -0.2) is 24.5 Å². The van der Waals surface area contributed by atoms with Crippen molar-refractivity contribution in [2.45, 2.75) is 13.5 Å². The zero-order valence-electron chi connectivity index (χ0n) is 9.03. The fourth-order valence-electron chi connectivity index (χ4n) is 1.94. The molecule has 0 bridgehead atoms. The third kappa shape index (κ3) is 1.42. The Morgan fingerprint density at radius 3 is 2.87 bits per heavy atom. The summed E-state index contributed by atoms with van der Waals surface area (Å²) in [5, 5.41) is 0. The topological polar surface area (TPSA) is 49.6 Å². The molecule has 4 heteroatoms. The van der Waals surface area contributed by atoms with Crippen LogP contribution >= 0.6 is 0 Å². The van der Waals surface area contributed by atoms with E-state index in [1.807, 2.05) is 25.1 Å². The summed E-state index contributed by atoms with van der Waals surface area (Å²) < 4.78 is 0. The Bertz CT molecular complexity index is 403. The number of nitrogens with two attached hydrogens (primary N) is 1. The molecule has 1 aliphatic heterocycles. The maximum Gasteiger partial charge on any atom is 0.324 e. The molecule has 0 radical (unpaired) electrons. The van der Waals surface area contributed by atoms with Gasteiger partial charge < -0.3 is 10.6 Å². The first kappa shape index (κ1) is 9.83. The van der Waals surface area contributed by atoms with Crippen LogP contribution in [0.4, 0.5) is 16.2 Å². The van der Waals surface area contributed by atoms with Gasteiger partial charge >= 0.3 is 6.03 Å². The molecule has 2 N–H and O–H groups in total. The van der Waals surface area contributed by atoms with Gasteiger partial charge in [0.15, 0.2) is 0 Å². The van der Waals surface area contributed by atoms with Crippen LogP contribution in [0.2, 0.25) is 0 Å². The molecule has 0 saturated carbocycles. The SMILES string of the molecule is CCN1C(=O)N(C)Cc2c(N)cccc21. The number of urea groups is 1. The molecule has 0 saturated heterocycles. The second-order valence-electron chi connectivity index (χ2n) is 3.73. The number of hydrogen-bond donors (Lipinski definition) is 1. The van der Waals surface area contributed by atoms with Crippen LogP contribution in [0.15, 0.2) is 18.2 Å². The molecule has 0 aliphatic carbocycles. The molecule has 0 spiro atoms. The van der Waals surface area contributed by atoms with Gasteiger partial charge in [-0.15, -0.1) is 0 Å². The molecule has 1 heterocycles. The Labute approximate surface area is 89.3 Å². The monoisotopic (exact) mass is 205 g/mol. The quantitative estimate of drug-likeness (QED) is 0.709. The van der Waals surface area contributed by atoms with Crippen molar-refractivity contribution >= 4 is 17.4 Å². The molecule has 0 aromatic heterocycles. The Morgan fingerprint density at radius 1 is 1.47 bits per heavy atom. The second kappa shape index (κ2) is 3.46. The number of nitrogens with zero attached hydrogens (tertiary/aromatic N) is 2. The average molecular weight is 205 g/mol. The summed E-state index contributed by atoms with van der Waals surface area (Å²) in [6.07, 6.45) is 0. The van der Waals surface area contributed by atoms with Gasteiger partial charge in [-0.3, -0.25) is 4.90 Å². The molecule has 2 rings (SSSR count). The van der Waals surface area contributed by atoms with Crippen molar-refractivity contribution in [3.8, 4) is 0 Å². The van der Waals surface area contributed by atoms with Crippen molar-refractivity contribution in [2.24, 2.45) is 0 Å². The molecule has 1 aromatic carbocycles. The number of benzene rings is 1. The summed E-state index contributed by atoms with van der Waals surface area (Å²) in [6, 6.07) is 5.74. The van der Waals surface area contributed by atoms with Crippen LogP contribution in [0.1, 0.15) is 12.5 Å². The van der Waals surface area contributed by atoms with Gasteiger partial charge in [-0.2, -0.15) is 0 Å². The minimum Gasteiger partial charge on any atom is -0.398 e. The van der Waals surface area contributed by atoms with Gasteiger partial charge in [-0.25, -0.2) is 4.79 Å². The fraction of sp³-hybridized carbons (Fsp3) is 0.364. The lowest BCUT2D eigenvalue weighted by atomic mass is 10.1. The van der Waals surface area contributed by atoms with Gasteiger partial charge in [0.25, 0.3) is 0 Å². The number of anilines is 2. The van der Waals surface area contributed by atoms with Gasteiger partial charge in [0.1, 0.15) is 0 Å². The molecule has 0 atom stereocenters. The van der Waals surface area contributed by atoms with E-state index in [1.165, 1.54) is 0 Å². The van der Waals surface area contributed by atoms with Gasteiger partial charge in [0.2, 0.25) is 0 Å². The standard InChI is InChI=1S/C11H15N3O/c1-3-14-10-6-4-5-9(12)8(10)7-13(2)11(14)15/h4-6H,3,7,12H2,1-2H3. The van der Waals surface area contributed by atoms with Crippen LogP contribution in [0.25, 0.3) is 0 Å². The van der Waals surface area contributed by atoms with Gasteiger partial charge in [-0.05, 0) is 19.1 Å². The Kier molecular flexibility index (Phi) is 2.26. The summed E-state index contributed by atoms with van der Waals surface area (Å²) >= 11 is 0. The normalized spacial score (nSPS) is 15.5. The average Bonchev–Trinajstić information content (AvgIpc) is 2.22. The highest BCUT2D eigenvalue weighted by atomic mass is 16.2. The van der Waals surface area contributed by atoms with E-state index in [4.69, 9.17) is 5.73 Å². The smallest absolute Gasteiger partial charge is 0.324 e. The molecule has 0 fully saturated rings. The largest absolute Gasteiger partial charge is 0.398 e. The van der Waals surface area contributed by atoms with Gasteiger partial charge in [0.05, 0.1) is 12.2 Å². The maximum absolute atomic E-state index is 11.8. The lowest BCUT2D eigenvalue weighted by Crippen LogP contribution is -2.45. The van der Waals surface area contributed by atoms with Crippen LogP contribution in [0.5, 0.6) is 0 Å². The van der Waals surface area contributed by atoms with Gasteiger partial charge in [-0.1, -0.05) is 6.07 Å². The van der Waals surface area contributed by atoms with Crippen LogP contribution in [0.3, 0.4) is 0 Å². The van der Waals surface area contributed by atoms with Crippen molar-refractivity contribution in [3.63, 3.8) is 0 Å². The number of hydrogen-bond acceptors (Lipinski definition) is 2. The van der Waals surface area contributed by atoms with E-state index in [2.05, 4.69) is 0 Å². The van der Waals surface area contributed by atoms with Crippen molar-refractivity contribution in [2.75, 3.05) is 24.2 Å². The number of nitrogen functional groups attached to an aromatic ring is 1. The summed E-state index contributed by atoms with van der Waals surface area (Å²) in [5.41, 5.74) is 8.64. The summed E-state index contributed by atoms with van der Waals surface area (Å²) in [7, 11) is 1.79. The summed E-state index contributed by atoms with van der Waals surface area (Å²) in [4.78, 5) is 15.3. The maximum atomic E-state index is 11.8. The highest BCUT2D eigenvalue weighted by molar-refractivity contribution is 5.95. The van der Waals surface area contributed by atoms with E-state index in [9.17, 15) is 4.79 Å².